The van der Waals surface area contributed by atoms with Gasteiger partial charge >= 0.3 is 0 Å². The molecule has 6 heteroatoms. The van der Waals surface area contributed by atoms with E-state index in [0.29, 0.717) is 9.27 Å². The van der Waals surface area contributed by atoms with Crippen LogP contribution in [0.15, 0.2) is 6.20 Å². The Bertz CT molecular complexity index is 523. The minimum absolute atomic E-state index is 0.509. The third-order valence-corrected chi connectivity index (χ3v) is 4.06. The van der Waals surface area contributed by atoms with Crippen molar-refractivity contribution in [2.45, 2.75) is 13.8 Å². The van der Waals surface area contributed by atoms with Gasteiger partial charge in [-0.2, -0.15) is 0 Å². The smallest absolute Gasteiger partial charge is 0.187 e. The van der Waals surface area contributed by atoms with Crippen LogP contribution in [0.2, 0.25) is 4.47 Å². The lowest BCUT2D eigenvalue weighted by molar-refractivity contribution is 0.941. The van der Waals surface area contributed by atoms with Crippen molar-refractivity contribution >= 4 is 34.3 Å². The van der Waals surface area contributed by atoms with Crippen molar-refractivity contribution in [1.82, 2.24) is 9.55 Å². The molecule has 0 unspecified atom stereocenters. The quantitative estimate of drug-likeness (QED) is 0.825. The maximum atomic E-state index is 7.80. The average molecular weight is 246 g/mol. The highest BCUT2D eigenvalue weighted by atomic mass is 35.5. The lowest BCUT2D eigenvalue weighted by atomic mass is 10.4. The van der Waals surface area contributed by atoms with Gasteiger partial charge in [0, 0.05) is 10.6 Å². The van der Waals surface area contributed by atoms with E-state index in [0.717, 1.165) is 15.6 Å². The number of nitrogens with one attached hydrogen (secondary N) is 1. The van der Waals surface area contributed by atoms with Crippen LogP contribution in [0.5, 0.6) is 0 Å². The number of hydrogen-bond acceptors (Lipinski definition) is 4. The number of aromatic nitrogens is 2. The largest absolute Gasteiger partial charge is 0.279 e. The van der Waals surface area contributed by atoms with Crippen molar-refractivity contribution in [2.24, 2.45) is 0 Å². The van der Waals surface area contributed by atoms with Gasteiger partial charge in [-0.25, -0.2) is 4.98 Å². The molecule has 0 aliphatic heterocycles. The summed E-state index contributed by atoms with van der Waals surface area (Å²) in [6.45, 7) is 4.01. The van der Waals surface area contributed by atoms with E-state index in [1.165, 1.54) is 22.7 Å². The van der Waals surface area contributed by atoms with Crippen molar-refractivity contribution in [3.8, 4) is 5.00 Å². The van der Waals surface area contributed by atoms with Crippen LogP contribution >= 0.6 is 34.3 Å². The molecule has 0 bridgehead atoms. The van der Waals surface area contributed by atoms with Gasteiger partial charge in [-0.15, -0.1) is 11.3 Å². The van der Waals surface area contributed by atoms with E-state index < -0.39 is 0 Å². The van der Waals surface area contributed by atoms with Gasteiger partial charge < -0.3 is 0 Å². The third-order valence-electron chi connectivity index (χ3n) is 1.98. The minimum Gasteiger partial charge on any atom is -0.279 e. The first kappa shape index (κ1) is 9.89. The van der Waals surface area contributed by atoms with E-state index in [2.05, 4.69) is 4.98 Å². The van der Waals surface area contributed by atoms with Crippen LogP contribution in [0.4, 0.5) is 0 Å². The Labute approximate surface area is 94.1 Å². The zero-order valence-electron chi connectivity index (χ0n) is 7.67. The summed E-state index contributed by atoms with van der Waals surface area (Å²) in [7, 11) is 0. The maximum absolute atomic E-state index is 7.80. The predicted molar refractivity (Wildman–Crippen MR) is 59.7 cm³/mol. The average Bonchev–Trinajstić information content (AvgIpc) is 2.60. The molecule has 2 aromatic heterocycles. The van der Waals surface area contributed by atoms with Crippen molar-refractivity contribution in [2.75, 3.05) is 0 Å². The first-order valence-corrected chi connectivity index (χ1v) is 5.96. The van der Waals surface area contributed by atoms with Gasteiger partial charge in [0.05, 0.1) is 6.20 Å². The van der Waals surface area contributed by atoms with Crippen LogP contribution in [0, 0.1) is 19.3 Å². The van der Waals surface area contributed by atoms with Crippen LogP contribution in [0.3, 0.4) is 0 Å². The molecule has 74 valence electrons. The van der Waals surface area contributed by atoms with Crippen LogP contribution in [0.1, 0.15) is 10.6 Å². The van der Waals surface area contributed by atoms with E-state index >= 15 is 0 Å². The van der Waals surface area contributed by atoms with E-state index in [1.54, 1.807) is 6.20 Å². The zero-order chi connectivity index (χ0) is 10.3. The molecule has 2 heterocycles. The van der Waals surface area contributed by atoms with Crippen molar-refractivity contribution in [1.29, 1.82) is 5.41 Å². The monoisotopic (exact) mass is 245 g/mol. The fourth-order valence-electron chi connectivity index (χ4n) is 1.19. The third kappa shape index (κ3) is 1.51. The van der Waals surface area contributed by atoms with E-state index in [1.807, 2.05) is 18.4 Å². The molecule has 0 aliphatic rings. The second kappa shape index (κ2) is 3.49. The number of rotatable bonds is 1. The molecule has 0 fully saturated rings. The SMILES string of the molecule is Cc1sc(=N)n(-c2cnc(Cl)s2)c1C. The second-order valence-corrected chi connectivity index (χ2v) is 5.63. The number of hydrogen-bond donors (Lipinski definition) is 1. The number of thiazole rings is 2. The molecule has 2 rings (SSSR count). The molecular weight excluding hydrogens is 238 g/mol. The summed E-state index contributed by atoms with van der Waals surface area (Å²) >= 11 is 8.61. The van der Waals surface area contributed by atoms with Gasteiger partial charge in [-0.05, 0) is 13.8 Å². The summed E-state index contributed by atoms with van der Waals surface area (Å²) in [5.41, 5.74) is 1.08. The number of nitrogens with zero attached hydrogens (tertiary/aromatic N) is 2. The lowest BCUT2D eigenvalue weighted by Gasteiger charge is -1.99. The molecule has 0 amide bonds. The molecule has 0 aliphatic carbocycles. The Kier molecular flexibility index (Phi) is 2.47. The Hall–Kier alpha value is -0.650. The van der Waals surface area contributed by atoms with Crippen molar-refractivity contribution in [3.63, 3.8) is 0 Å². The highest BCUT2D eigenvalue weighted by Gasteiger charge is 2.09. The fraction of sp³-hybridized carbons (Fsp3) is 0.250. The molecule has 0 aromatic carbocycles. The molecule has 2 aromatic rings. The molecule has 0 radical (unpaired) electrons. The van der Waals surface area contributed by atoms with Gasteiger partial charge in [0.15, 0.2) is 9.27 Å². The van der Waals surface area contributed by atoms with Gasteiger partial charge in [-0.3, -0.25) is 9.98 Å². The molecule has 3 nitrogen and oxygen atoms in total. The first-order chi connectivity index (χ1) is 6.59. The molecular formula is C8H8ClN3S2. The Morgan fingerprint density at radius 1 is 1.43 bits per heavy atom. The van der Waals surface area contributed by atoms with Crippen molar-refractivity contribution in [3.05, 3.63) is 26.0 Å². The highest BCUT2D eigenvalue weighted by molar-refractivity contribution is 7.18. The molecule has 0 saturated heterocycles. The van der Waals surface area contributed by atoms with Crippen LogP contribution in [0.25, 0.3) is 5.00 Å². The number of aryl methyl sites for hydroxylation is 1. The summed E-state index contributed by atoms with van der Waals surface area (Å²) in [5, 5.41) is 8.70. The lowest BCUT2D eigenvalue weighted by Crippen LogP contribution is -2.10. The summed E-state index contributed by atoms with van der Waals surface area (Å²) < 4.78 is 2.37. The Balaban J connectivity index is 2.67. The Morgan fingerprint density at radius 3 is 2.57 bits per heavy atom. The Morgan fingerprint density at radius 2 is 2.14 bits per heavy atom. The normalized spacial score (nSPS) is 10.8. The molecule has 14 heavy (non-hydrogen) atoms. The summed E-state index contributed by atoms with van der Waals surface area (Å²) in [6, 6.07) is 0. The van der Waals surface area contributed by atoms with Gasteiger partial charge in [0.2, 0.25) is 0 Å². The molecule has 0 saturated carbocycles. The standard InChI is InChI=1S/C8H8ClN3S2/c1-4-5(2)13-8(10)12(4)6-3-11-7(9)14-6/h3,10H,1-2H3. The summed E-state index contributed by atoms with van der Waals surface area (Å²) in [4.78, 5) is 5.64. The zero-order valence-corrected chi connectivity index (χ0v) is 10.1. The molecule has 0 spiro atoms. The van der Waals surface area contributed by atoms with Gasteiger partial charge in [0.1, 0.15) is 5.00 Å². The summed E-state index contributed by atoms with van der Waals surface area (Å²) in [5.74, 6) is 0. The first-order valence-electron chi connectivity index (χ1n) is 3.95. The topological polar surface area (TPSA) is 41.7 Å². The van der Waals surface area contributed by atoms with Crippen LogP contribution < -0.4 is 4.80 Å². The van der Waals surface area contributed by atoms with E-state index in [4.69, 9.17) is 17.0 Å². The van der Waals surface area contributed by atoms with Crippen molar-refractivity contribution < 1.29 is 0 Å². The van der Waals surface area contributed by atoms with Gasteiger partial charge in [-0.1, -0.05) is 22.9 Å². The minimum atomic E-state index is 0.509. The van der Waals surface area contributed by atoms with Crippen LogP contribution in [-0.2, 0) is 0 Å². The second-order valence-electron chi connectivity index (χ2n) is 2.84. The number of halogens is 1. The predicted octanol–water partition coefficient (Wildman–Crippen LogP) is 2.75. The maximum Gasteiger partial charge on any atom is 0.187 e. The van der Waals surface area contributed by atoms with Gasteiger partial charge in [0.25, 0.3) is 0 Å². The fourth-order valence-corrected chi connectivity index (χ4v) is 3.09. The van der Waals surface area contributed by atoms with E-state index in [-0.39, 0.29) is 0 Å². The molecule has 0 atom stereocenters. The van der Waals surface area contributed by atoms with Crippen LogP contribution in [-0.4, -0.2) is 9.55 Å². The highest BCUT2D eigenvalue weighted by Crippen LogP contribution is 2.23. The van der Waals surface area contributed by atoms with E-state index in [9.17, 15) is 0 Å². The summed E-state index contributed by atoms with van der Waals surface area (Å²) in [6.07, 6.45) is 1.70. The molecule has 1 N–H and O–H groups in total.